The molecule has 1 aromatic carbocycles. The van der Waals surface area contributed by atoms with Gasteiger partial charge in [0.25, 0.3) is 0 Å². The molecule has 0 saturated carbocycles. The van der Waals surface area contributed by atoms with Crippen LogP contribution in [0.3, 0.4) is 0 Å². The van der Waals surface area contributed by atoms with Gasteiger partial charge in [0.05, 0.1) is 33.6 Å². The molecule has 0 amide bonds. The summed E-state index contributed by atoms with van der Waals surface area (Å²) in [6.45, 7) is 2.72. The molecule has 3 aromatic rings. The maximum absolute atomic E-state index is 11.0. The van der Waals surface area contributed by atoms with E-state index in [-0.39, 0.29) is 5.56 Å². The van der Waals surface area contributed by atoms with Gasteiger partial charge < -0.3 is 9.67 Å². The fourth-order valence-corrected chi connectivity index (χ4v) is 2.77. The lowest BCUT2D eigenvalue weighted by Crippen LogP contribution is -2.01. The van der Waals surface area contributed by atoms with Crippen molar-refractivity contribution in [3.8, 4) is 0 Å². The molecule has 0 aliphatic rings. The molecular formula is C14H13N3O2S. The van der Waals surface area contributed by atoms with E-state index in [0.29, 0.717) is 0 Å². The van der Waals surface area contributed by atoms with Gasteiger partial charge in [0.2, 0.25) is 0 Å². The number of carboxylic acids is 1. The number of fused-ring (bicyclic) bond motifs is 1. The standard InChI is InChI=1S/C14H13N3O2S/c1-9-16-11(7-20-9)4-5-17-8-15-12-3-2-10(14(18)19)6-13(12)17/h2-3,6-8H,4-5H2,1H3,(H,18,19). The molecule has 0 bridgehead atoms. The molecule has 3 rings (SSSR count). The molecule has 0 fully saturated rings. The van der Waals surface area contributed by atoms with Gasteiger partial charge >= 0.3 is 5.97 Å². The molecule has 1 N–H and O–H groups in total. The van der Waals surface area contributed by atoms with Gasteiger partial charge in [-0.25, -0.2) is 14.8 Å². The lowest BCUT2D eigenvalue weighted by atomic mass is 10.2. The molecule has 0 unspecified atom stereocenters. The van der Waals surface area contributed by atoms with Gasteiger partial charge in [-0.2, -0.15) is 0 Å². The van der Waals surface area contributed by atoms with E-state index in [0.717, 1.165) is 34.7 Å². The maximum atomic E-state index is 11.0. The van der Waals surface area contributed by atoms with E-state index in [2.05, 4.69) is 15.3 Å². The third-order valence-electron chi connectivity index (χ3n) is 3.14. The zero-order valence-corrected chi connectivity index (χ0v) is 11.7. The minimum absolute atomic E-state index is 0.281. The first kappa shape index (κ1) is 12.8. The molecule has 0 aliphatic carbocycles. The normalized spacial score (nSPS) is 11.1. The first-order valence-electron chi connectivity index (χ1n) is 6.22. The van der Waals surface area contributed by atoms with Gasteiger partial charge in [-0.1, -0.05) is 0 Å². The fourth-order valence-electron chi connectivity index (χ4n) is 2.13. The Labute approximate surface area is 119 Å². The van der Waals surface area contributed by atoms with Crippen LogP contribution in [0, 0.1) is 6.92 Å². The maximum Gasteiger partial charge on any atom is 0.335 e. The summed E-state index contributed by atoms with van der Waals surface area (Å²) in [6.07, 6.45) is 2.56. The van der Waals surface area contributed by atoms with E-state index in [9.17, 15) is 4.79 Å². The predicted octanol–water partition coefficient (Wildman–Crippen LogP) is 2.74. The highest BCUT2D eigenvalue weighted by Gasteiger charge is 2.08. The molecule has 2 aromatic heterocycles. The van der Waals surface area contributed by atoms with Crippen LogP contribution in [0.5, 0.6) is 0 Å². The highest BCUT2D eigenvalue weighted by atomic mass is 32.1. The van der Waals surface area contributed by atoms with Crippen LogP contribution in [-0.2, 0) is 13.0 Å². The van der Waals surface area contributed by atoms with Crippen molar-refractivity contribution in [1.82, 2.24) is 14.5 Å². The van der Waals surface area contributed by atoms with Gasteiger partial charge in [0, 0.05) is 18.3 Å². The molecule has 5 nitrogen and oxygen atoms in total. The van der Waals surface area contributed by atoms with Crippen molar-refractivity contribution in [2.75, 3.05) is 0 Å². The molecule has 2 heterocycles. The SMILES string of the molecule is Cc1nc(CCn2cnc3ccc(C(=O)O)cc32)cs1. The third-order valence-corrected chi connectivity index (χ3v) is 3.97. The van der Waals surface area contributed by atoms with E-state index in [1.165, 1.54) is 0 Å². The molecule has 0 spiro atoms. The summed E-state index contributed by atoms with van der Waals surface area (Å²) < 4.78 is 1.97. The van der Waals surface area contributed by atoms with E-state index < -0.39 is 5.97 Å². The lowest BCUT2D eigenvalue weighted by molar-refractivity contribution is 0.0697. The van der Waals surface area contributed by atoms with E-state index in [4.69, 9.17) is 5.11 Å². The van der Waals surface area contributed by atoms with E-state index >= 15 is 0 Å². The summed E-state index contributed by atoms with van der Waals surface area (Å²) in [5.74, 6) is -0.922. The number of thiazole rings is 1. The second kappa shape index (κ2) is 5.05. The number of aromatic nitrogens is 3. The summed E-state index contributed by atoms with van der Waals surface area (Å²) in [6, 6.07) is 4.98. The molecule has 0 aliphatic heterocycles. The van der Waals surface area contributed by atoms with Crippen molar-refractivity contribution in [2.24, 2.45) is 0 Å². The Morgan fingerprint density at radius 2 is 2.30 bits per heavy atom. The molecule has 0 saturated heterocycles. The highest BCUT2D eigenvalue weighted by molar-refractivity contribution is 7.09. The Kier molecular flexibility index (Phi) is 3.23. The number of hydrogen-bond donors (Lipinski definition) is 1. The van der Waals surface area contributed by atoms with Crippen LogP contribution in [0.4, 0.5) is 0 Å². The summed E-state index contributed by atoms with van der Waals surface area (Å²) >= 11 is 1.64. The summed E-state index contributed by atoms with van der Waals surface area (Å²) in [5.41, 5.74) is 2.99. The summed E-state index contributed by atoms with van der Waals surface area (Å²) in [5, 5.41) is 12.2. The summed E-state index contributed by atoms with van der Waals surface area (Å²) in [4.78, 5) is 19.7. The zero-order chi connectivity index (χ0) is 14.1. The quantitative estimate of drug-likeness (QED) is 0.801. The van der Waals surface area contributed by atoms with Crippen LogP contribution < -0.4 is 0 Å². The van der Waals surface area contributed by atoms with Crippen molar-refractivity contribution < 1.29 is 9.90 Å². The number of nitrogens with zero attached hydrogens (tertiary/aromatic N) is 3. The van der Waals surface area contributed by atoms with Crippen molar-refractivity contribution in [1.29, 1.82) is 0 Å². The van der Waals surface area contributed by atoms with Crippen LogP contribution in [0.25, 0.3) is 11.0 Å². The predicted molar refractivity (Wildman–Crippen MR) is 77.2 cm³/mol. The number of aromatic carboxylic acids is 1. The number of aryl methyl sites for hydroxylation is 3. The largest absolute Gasteiger partial charge is 0.478 e. The third kappa shape index (κ3) is 2.42. The van der Waals surface area contributed by atoms with Crippen LogP contribution in [0.2, 0.25) is 0 Å². The van der Waals surface area contributed by atoms with E-state index in [1.54, 1.807) is 35.9 Å². The van der Waals surface area contributed by atoms with Gasteiger partial charge in [0.1, 0.15) is 0 Å². The Morgan fingerprint density at radius 1 is 1.45 bits per heavy atom. The number of rotatable bonds is 4. The monoisotopic (exact) mass is 287 g/mol. The van der Waals surface area contributed by atoms with E-state index in [1.807, 2.05) is 11.5 Å². The Bertz CT molecular complexity index is 776. The van der Waals surface area contributed by atoms with Gasteiger partial charge in [-0.3, -0.25) is 0 Å². The number of imidazole rings is 1. The first-order valence-corrected chi connectivity index (χ1v) is 7.10. The molecule has 20 heavy (non-hydrogen) atoms. The summed E-state index contributed by atoms with van der Waals surface area (Å²) in [7, 11) is 0. The molecule has 102 valence electrons. The van der Waals surface area contributed by atoms with Crippen molar-refractivity contribution >= 4 is 28.3 Å². The fraction of sp³-hybridized carbons (Fsp3) is 0.214. The van der Waals surface area contributed by atoms with Crippen LogP contribution >= 0.6 is 11.3 Å². The van der Waals surface area contributed by atoms with Crippen LogP contribution in [0.15, 0.2) is 29.9 Å². The lowest BCUT2D eigenvalue weighted by Gasteiger charge is -2.03. The molecule has 0 radical (unpaired) electrons. The van der Waals surface area contributed by atoms with Crippen molar-refractivity contribution in [2.45, 2.75) is 19.9 Å². The average Bonchev–Trinajstić information content (AvgIpc) is 3.02. The van der Waals surface area contributed by atoms with Crippen LogP contribution in [0.1, 0.15) is 21.1 Å². The van der Waals surface area contributed by atoms with Crippen molar-refractivity contribution in [3.05, 3.63) is 46.2 Å². The Balaban J connectivity index is 1.87. The number of hydrogen-bond acceptors (Lipinski definition) is 4. The highest BCUT2D eigenvalue weighted by Crippen LogP contribution is 2.16. The second-order valence-corrected chi connectivity index (χ2v) is 5.62. The molecule has 6 heteroatoms. The zero-order valence-electron chi connectivity index (χ0n) is 10.9. The van der Waals surface area contributed by atoms with Gasteiger partial charge in [-0.15, -0.1) is 11.3 Å². The molecule has 0 atom stereocenters. The van der Waals surface area contributed by atoms with Gasteiger partial charge in [-0.05, 0) is 25.1 Å². The molecular weight excluding hydrogens is 274 g/mol. The number of benzene rings is 1. The minimum Gasteiger partial charge on any atom is -0.478 e. The van der Waals surface area contributed by atoms with Crippen LogP contribution in [-0.4, -0.2) is 25.6 Å². The Morgan fingerprint density at radius 3 is 3.00 bits per heavy atom. The van der Waals surface area contributed by atoms with Crippen molar-refractivity contribution in [3.63, 3.8) is 0 Å². The first-order chi connectivity index (χ1) is 9.63. The Hall–Kier alpha value is -2.21. The average molecular weight is 287 g/mol. The second-order valence-electron chi connectivity index (χ2n) is 4.55. The topological polar surface area (TPSA) is 68.0 Å². The van der Waals surface area contributed by atoms with Gasteiger partial charge in [0.15, 0.2) is 0 Å². The number of carbonyl (C=O) groups is 1. The smallest absolute Gasteiger partial charge is 0.335 e. The minimum atomic E-state index is -0.922. The number of carboxylic acid groups (broad SMARTS) is 1.